The first-order chi connectivity index (χ1) is 7.63. The van der Waals surface area contributed by atoms with Crippen LogP contribution in [-0.2, 0) is 0 Å². The molecule has 0 bridgehead atoms. The third-order valence-corrected chi connectivity index (χ3v) is 3.40. The van der Waals surface area contributed by atoms with E-state index in [9.17, 15) is 0 Å². The van der Waals surface area contributed by atoms with Gasteiger partial charge in [0.1, 0.15) is 6.07 Å². The van der Waals surface area contributed by atoms with Crippen molar-refractivity contribution in [2.24, 2.45) is 0 Å². The largest absolute Gasteiger partial charge is 0.377 e. The molecular formula is C12H14BrN3. The van der Waals surface area contributed by atoms with Gasteiger partial charge in [-0.05, 0) is 38.1 Å². The fourth-order valence-corrected chi connectivity index (χ4v) is 2.33. The lowest BCUT2D eigenvalue weighted by molar-refractivity contribution is 0.567. The molecule has 0 amide bonds. The van der Waals surface area contributed by atoms with E-state index in [-0.39, 0.29) is 5.54 Å². The normalized spacial score (nSPS) is 24.1. The molecule has 0 aromatic heterocycles. The lowest BCUT2D eigenvalue weighted by Gasteiger charge is -2.26. The van der Waals surface area contributed by atoms with Gasteiger partial charge in [0, 0.05) is 16.6 Å². The SMILES string of the molecule is CC1(Nc2cc(Br)ccc2C#N)CCNC1. The van der Waals surface area contributed by atoms with Gasteiger partial charge in [0.2, 0.25) is 0 Å². The van der Waals surface area contributed by atoms with Crippen LogP contribution in [0.25, 0.3) is 0 Å². The highest BCUT2D eigenvalue weighted by Gasteiger charge is 2.28. The Bertz CT molecular complexity index is 430. The number of hydrogen-bond acceptors (Lipinski definition) is 3. The molecule has 4 heteroatoms. The Balaban J connectivity index is 2.26. The second kappa shape index (κ2) is 4.44. The van der Waals surface area contributed by atoms with E-state index in [1.54, 1.807) is 0 Å². The Kier molecular flexibility index (Phi) is 3.17. The molecule has 84 valence electrons. The number of hydrogen-bond donors (Lipinski definition) is 2. The van der Waals surface area contributed by atoms with Crippen LogP contribution in [0.5, 0.6) is 0 Å². The maximum atomic E-state index is 9.05. The lowest BCUT2D eigenvalue weighted by Crippen LogP contribution is -2.37. The number of nitriles is 1. The van der Waals surface area contributed by atoms with Gasteiger partial charge in [-0.3, -0.25) is 0 Å². The van der Waals surface area contributed by atoms with Crippen LogP contribution in [0, 0.1) is 11.3 Å². The van der Waals surface area contributed by atoms with Gasteiger partial charge in [0.15, 0.2) is 0 Å². The molecule has 1 aliphatic rings. The van der Waals surface area contributed by atoms with E-state index < -0.39 is 0 Å². The zero-order chi connectivity index (χ0) is 11.6. The monoisotopic (exact) mass is 279 g/mol. The number of nitrogens with zero attached hydrogens (tertiary/aromatic N) is 1. The molecule has 0 spiro atoms. The zero-order valence-corrected chi connectivity index (χ0v) is 10.8. The van der Waals surface area contributed by atoms with Crippen molar-refractivity contribution in [2.75, 3.05) is 18.4 Å². The van der Waals surface area contributed by atoms with Crippen molar-refractivity contribution in [3.63, 3.8) is 0 Å². The van der Waals surface area contributed by atoms with Crippen molar-refractivity contribution in [3.05, 3.63) is 28.2 Å². The topological polar surface area (TPSA) is 47.9 Å². The molecule has 16 heavy (non-hydrogen) atoms. The Morgan fingerprint density at radius 1 is 1.56 bits per heavy atom. The van der Waals surface area contributed by atoms with Crippen molar-refractivity contribution >= 4 is 21.6 Å². The minimum atomic E-state index is 0.0480. The molecule has 1 aliphatic heterocycles. The first kappa shape index (κ1) is 11.4. The van der Waals surface area contributed by atoms with Crippen molar-refractivity contribution in [1.29, 1.82) is 5.26 Å². The van der Waals surface area contributed by atoms with Crippen LogP contribution in [0.1, 0.15) is 18.9 Å². The molecule has 1 aromatic carbocycles. The van der Waals surface area contributed by atoms with Crippen molar-refractivity contribution < 1.29 is 0 Å². The predicted molar refractivity (Wildman–Crippen MR) is 68.4 cm³/mol. The van der Waals surface area contributed by atoms with Crippen LogP contribution in [-0.4, -0.2) is 18.6 Å². The molecule has 1 heterocycles. The fraction of sp³-hybridized carbons (Fsp3) is 0.417. The van der Waals surface area contributed by atoms with Gasteiger partial charge in [-0.1, -0.05) is 15.9 Å². The van der Waals surface area contributed by atoms with E-state index >= 15 is 0 Å². The van der Waals surface area contributed by atoms with Crippen LogP contribution < -0.4 is 10.6 Å². The molecule has 1 fully saturated rings. The quantitative estimate of drug-likeness (QED) is 0.875. The fourth-order valence-electron chi connectivity index (χ4n) is 1.97. The summed E-state index contributed by atoms with van der Waals surface area (Å²) < 4.78 is 0.989. The second-order valence-electron chi connectivity index (χ2n) is 4.41. The van der Waals surface area contributed by atoms with E-state index in [1.165, 1.54) is 0 Å². The summed E-state index contributed by atoms with van der Waals surface area (Å²) >= 11 is 3.43. The number of nitrogens with one attached hydrogen (secondary N) is 2. The van der Waals surface area contributed by atoms with Gasteiger partial charge in [-0.25, -0.2) is 0 Å². The van der Waals surface area contributed by atoms with E-state index in [2.05, 4.69) is 39.6 Å². The molecule has 1 saturated heterocycles. The number of rotatable bonds is 2. The summed E-state index contributed by atoms with van der Waals surface area (Å²) in [6, 6.07) is 7.89. The Hall–Kier alpha value is -1.05. The minimum Gasteiger partial charge on any atom is -0.377 e. The summed E-state index contributed by atoms with van der Waals surface area (Å²) in [7, 11) is 0. The smallest absolute Gasteiger partial charge is 0.101 e. The molecule has 1 aromatic rings. The van der Waals surface area contributed by atoms with Gasteiger partial charge in [-0.15, -0.1) is 0 Å². The standard InChI is InChI=1S/C12H14BrN3/c1-12(4-5-15-8-12)16-11-6-10(13)3-2-9(11)7-14/h2-3,6,15-16H,4-5,8H2,1H3. The summed E-state index contributed by atoms with van der Waals surface area (Å²) in [5, 5.41) is 15.8. The Morgan fingerprint density at radius 3 is 3.00 bits per heavy atom. The van der Waals surface area contributed by atoms with Gasteiger partial charge < -0.3 is 10.6 Å². The van der Waals surface area contributed by atoms with Crippen LogP contribution in [0.15, 0.2) is 22.7 Å². The zero-order valence-electron chi connectivity index (χ0n) is 9.18. The highest BCUT2D eigenvalue weighted by molar-refractivity contribution is 9.10. The van der Waals surface area contributed by atoms with E-state index in [1.807, 2.05) is 18.2 Å². The first-order valence-electron chi connectivity index (χ1n) is 5.31. The summed E-state index contributed by atoms with van der Waals surface area (Å²) in [5.74, 6) is 0. The van der Waals surface area contributed by atoms with E-state index in [0.717, 1.165) is 29.7 Å². The summed E-state index contributed by atoms with van der Waals surface area (Å²) in [5.41, 5.74) is 1.64. The maximum Gasteiger partial charge on any atom is 0.101 e. The maximum absolute atomic E-state index is 9.05. The van der Waals surface area contributed by atoms with E-state index in [0.29, 0.717) is 5.56 Å². The number of halogens is 1. The molecule has 2 rings (SSSR count). The molecule has 3 nitrogen and oxygen atoms in total. The average Bonchev–Trinajstić information content (AvgIpc) is 2.65. The van der Waals surface area contributed by atoms with Crippen LogP contribution >= 0.6 is 15.9 Å². The van der Waals surface area contributed by atoms with E-state index in [4.69, 9.17) is 5.26 Å². The van der Waals surface area contributed by atoms with Crippen molar-refractivity contribution in [3.8, 4) is 6.07 Å². The van der Waals surface area contributed by atoms with Crippen molar-refractivity contribution in [1.82, 2.24) is 5.32 Å². The molecule has 0 saturated carbocycles. The summed E-state index contributed by atoms with van der Waals surface area (Å²) in [6.07, 6.45) is 1.07. The molecular weight excluding hydrogens is 266 g/mol. The van der Waals surface area contributed by atoms with Gasteiger partial charge in [0.25, 0.3) is 0 Å². The Labute approximate surface area is 104 Å². The van der Waals surface area contributed by atoms with Crippen LogP contribution in [0.4, 0.5) is 5.69 Å². The second-order valence-corrected chi connectivity index (χ2v) is 5.33. The van der Waals surface area contributed by atoms with Gasteiger partial charge in [0.05, 0.1) is 11.3 Å². The number of anilines is 1. The van der Waals surface area contributed by atoms with Crippen LogP contribution in [0.2, 0.25) is 0 Å². The highest BCUT2D eigenvalue weighted by atomic mass is 79.9. The average molecular weight is 280 g/mol. The predicted octanol–water partition coefficient (Wildman–Crippen LogP) is 2.48. The summed E-state index contributed by atoms with van der Waals surface area (Å²) in [4.78, 5) is 0. The van der Waals surface area contributed by atoms with Crippen LogP contribution in [0.3, 0.4) is 0 Å². The third kappa shape index (κ3) is 2.37. The highest BCUT2D eigenvalue weighted by Crippen LogP contribution is 2.26. The Morgan fingerprint density at radius 2 is 2.38 bits per heavy atom. The molecule has 1 atom stereocenters. The number of benzene rings is 1. The third-order valence-electron chi connectivity index (χ3n) is 2.91. The first-order valence-corrected chi connectivity index (χ1v) is 6.11. The summed E-state index contributed by atoms with van der Waals surface area (Å²) in [6.45, 7) is 4.14. The molecule has 2 N–H and O–H groups in total. The molecule has 1 unspecified atom stereocenters. The molecule has 0 aliphatic carbocycles. The lowest BCUT2D eigenvalue weighted by atomic mass is 10.0. The van der Waals surface area contributed by atoms with Gasteiger partial charge in [-0.2, -0.15) is 5.26 Å². The minimum absolute atomic E-state index is 0.0480. The van der Waals surface area contributed by atoms with Gasteiger partial charge >= 0.3 is 0 Å². The van der Waals surface area contributed by atoms with Crippen molar-refractivity contribution in [2.45, 2.75) is 18.9 Å². The molecule has 0 radical (unpaired) electrons.